The van der Waals surface area contributed by atoms with Gasteiger partial charge in [-0.25, -0.2) is 8.91 Å². The summed E-state index contributed by atoms with van der Waals surface area (Å²) >= 11 is 1.54. The van der Waals surface area contributed by atoms with Crippen LogP contribution in [0.25, 0.3) is 16.8 Å². The van der Waals surface area contributed by atoms with Crippen molar-refractivity contribution in [1.29, 1.82) is 0 Å². The Hall–Kier alpha value is -3.26. The number of thiophene rings is 1. The molecular formula is C20H17FN4O2S. The summed E-state index contributed by atoms with van der Waals surface area (Å²) in [4.78, 5) is 25.6. The molecule has 0 atom stereocenters. The van der Waals surface area contributed by atoms with Gasteiger partial charge in [0.25, 0.3) is 5.56 Å². The van der Waals surface area contributed by atoms with Crippen molar-refractivity contribution in [2.24, 2.45) is 0 Å². The lowest BCUT2D eigenvalue weighted by Crippen LogP contribution is -2.31. The molecule has 0 unspecified atom stereocenters. The van der Waals surface area contributed by atoms with Crippen molar-refractivity contribution in [1.82, 2.24) is 19.5 Å². The number of nitrogens with one attached hydrogen (secondary N) is 1. The second-order valence-corrected chi connectivity index (χ2v) is 7.30. The Labute approximate surface area is 163 Å². The summed E-state index contributed by atoms with van der Waals surface area (Å²) in [7, 11) is 0. The summed E-state index contributed by atoms with van der Waals surface area (Å²) in [5, 5.41) is 9.14. The van der Waals surface area contributed by atoms with Crippen molar-refractivity contribution < 1.29 is 9.18 Å². The quantitative estimate of drug-likeness (QED) is 0.545. The zero-order chi connectivity index (χ0) is 19.5. The number of aromatic nitrogens is 3. The van der Waals surface area contributed by atoms with E-state index in [0.717, 1.165) is 10.4 Å². The fourth-order valence-corrected chi connectivity index (χ4v) is 3.62. The number of carbonyl (C=O) groups excluding carboxylic acids is 1. The van der Waals surface area contributed by atoms with E-state index in [-0.39, 0.29) is 17.3 Å². The molecule has 8 heteroatoms. The Kier molecular flexibility index (Phi) is 5.03. The SMILES string of the molecule is O=C(Cc1cccs1)NCCn1ccn2nc(-c3ccc(F)cc3)cc2c1=O. The summed E-state index contributed by atoms with van der Waals surface area (Å²) in [6.45, 7) is 0.724. The number of amides is 1. The standard InChI is InChI=1S/C20H17FN4O2S/c21-15-5-3-14(4-6-15)17-13-18-20(27)24(9-10-25(18)23-17)8-7-22-19(26)12-16-2-1-11-28-16/h1-6,9-11,13H,7-8,12H2,(H,22,26). The van der Waals surface area contributed by atoms with Gasteiger partial charge in [-0.3, -0.25) is 9.59 Å². The van der Waals surface area contributed by atoms with Crippen molar-refractivity contribution in [3.8, 4) is 11.3 Å². The van der Waals surface area contributed by atoms with Crippen LogP contribution in [0.4, 0.5) is 4.39 Å². The minimum atomic E-state index is -0.323. The van der Waals surface area contributed by atoms with E-state index in [1.807, 2.05) is 17.5 Å². The highest BCUT2D eigenvalue weighted by molar-refractivity contribution is 7.10. The van der Waals surface area contributed by atoms with Gasteiger partial charge >= 0.3 is 0 Å². The molecule has 0 aliphatic heterocycles. The predicted octanol–water partition coefficient (Wildman–Crippen LogP) is 2.72. The average molecular weight is 396 g/mol. The lowest BCUT2D eigenvalue weighted by atomic mass is 10.1. The van der Waals surface area contributed by atoms with E-state index in [9.17, 15) is 14.0 Å². The van der Waals surface area contributed by atoms with Crippen LogP contribution in [0, 0.1) is 5.82 Å². The number of benzene rings is 1. The van der Waals surface area contributed by atoms with Crippen LogP contribution in [0.3, 0.4) is 0 Å². The summed E-state index contributed by atoms with van der Waals surface area (Å²) < 4.78 is 16.1. The number of fused-ring (bicyclic) bond motifs is 1. The molecule has 1 amide bonds. The van der Waals surface area contributed by atoms with Crippen LogP contribution in [0.5, 0.6) is 0 Å². The van der Waals surface area contributed by atoms with Gasteiger partial charge in [-0.2, -0.15) is 5.10 Å². The molecule has 3 heterocycles. The van der Waals surface area contributed by atoms with Crippen molar-refractivity contribution in [3.05, 3.63) is 81.3 Å². The monoisotopic (exact) mass is 396 g/mol. The first-order valence-electron chi connectivity index (χ1n) is 8.74. The van der Waals surface area contributed by atoms with Gasteiger partial charge in [-0.05, 0) is 41.8 Å². The van der Waals surface area contributed by atoms with E-state index < -0.39 is 0 Å². The molecule has 0 fully saturated rings. The van der Waals surface area contributed by atoms with Gasteiger partial charge in [-0.15, -0.1) is 11.3 Å². The van der Waals surface area contributed by atoms with Gasteiger partial charge < -0.3 is 9.88 Å². The molecule has 0 radical (unpaired) electrons. The van der Waals surface area contributed by atoms with E-state index in [1.165, 1.54) is 32.6 Å². The van der Waals surface area contributed by atoms with Gasteiger partial charge in [0.2, 0.25) is 5.91 Å². The van der Waals surface area contributed by atoms with Crippen molar-refractivity contribution in [2.75, 3.05) is 6.54 Å². The third kappa shape index (κ3) is 3.86. The second-order valence-electron chi connectivity index (χ2n) is 6.27. The van der Waals surface area contributed by atoms with Gasteiger partial charge in [0.05, 0.1) is 12.1 Å². The minimum absolute atomic E-state index is 0.0699. The fourth-order valence-electron chi connectivity index (χ4n) is 2.91. The van der Waals surface area contributed by atoms with Crippen LogP contribution in [0.15, 0.2) is 65.0 Å². The highest BCUT2D eigenvalue weighted by Crippen LogP contribution is 2.18. The van der Waals surface area contributed by atoms with Crippen LogP contribution < -0.4 is 10.9 Å². The topological polar surface area (TPSA) is 68.4 Å². The fraction of sp³-hybridized carbons (Fsp3) is 0.150. The maximum atomic E-state index is 13.1. The second kappa shape index (κ2) is 7.77. The normalized spacial score (nSPS) is 11.0. The van der Waals surface area contributed by atoms with E-state index >= 15 is 0 Å². The van der Waals surface area contributed by atoms with Crippen molar-refractivity contribution >= 4 is 22.8 Å². The zero-order valence-electron chi connectivity index (χ0n) is 14.8. The van der Waals surface area contributed by atoms with Gasteiger partial charge in [0, 0.05) is 35.9 Å². The van der Waals surface area contributed by atoms with Crippen LogP contribution in [-0.2, 0) is 17.8 Å². The third-order valence-electron chi connectivity index (χ3n) is 4.33. The zero-order valence-corrected chi connectivity index (χ0v) is 15.7. The van der Waals surface area contributed by atoms with Crippen LogP contribution >= 0.6 is 11.3 Å². The number of hydrogen-bond acceptors (Lipinski definition) is 4. The molecule has 28 heavy (non-hydrogen) atoms. The average Bonchev–Trinajstić information content (AvgIpc) is 3.34. The van der Waals surface area contributed by atoms with Gasteiger partial charge in [-0.1, -0.05) is 6.07 Å². The molecule has 0 spiro atoms. The first kappa shape index (κ1) is 18.1. The maximum absolute atomic E-state index is 13.1. The Bertz CT molecular complexity index is 1160. The molecule has 6 nitrogen and oxygen atoms in total. The first-order chi connectivity index (χ1) is 13.6. The molecule has 4 aromatic rings. The molecule has 0 bridgehead atoms. The predicted molar refractivity (Wildman–Crippen MR) is 106 cm³/mol. The number of rotatable bonds is 6. The Morgan fingerprint density at radius 2 is 2.00 bits per heavy atom. The van der Waals surface area contributed by atoms with E-state index in [4.69, 9.17) is 0 Å². The van der Waals surface area contributed by atoms with Crippen LogP contribution in [0.2, 0.25) is 0 Å². The molecule has 0 aliphatic rings. The number of halogens is 1. The number of nitrogens with zero attached hydrogens (tertiary/aromatic N) is 3. The van der Waals surface area contributed by atoms with E-state index in [1.54, 1.807) is 30.6 Å². The molecule has 1 N–H and O–H groups in total. The molecule has 0 saturated carbocycles. The Morgan fingerprint density at radius 3 is 2.75 bits per heavy atom. The first-order valence-corrected chi connectivity index (χ1v) is 9.62. The molecule has 142 valence electrons. The minimum Gasteiger partial charge on any atom is -0.354 e. The Morgan fingerprint density at radius 1 is 1.18 bits per heavy atom. The summed E-state index contributed by atoms with van der Waals surface area (Å²) in [6, 6.07) is 11.5. The highest BCUT2D eigenvalue weighted by atomic mass is 32.1. The summed E-state index contributed by atoms with van der Waals surface area (Å²) in [6.07, 6.45) is 3.68. The third-order valence-corrected chi connectivity index (χ3v) is 5.21. The number of carbonyl (C=O) groups is 1. The molecule has 0 saturated heterocycles. The van der Waals surface area contributed by atoms with Crippen molar-refractivity contribution in [3.63, 3.8) is 0 Å². The van der Waals surface area contributed by atoms with E-state index in [0.29, 0.717) is 30.7 Å². The lowest BCUT2D eigenvalue weighted by molar-refractivity contribution is -0.120. The number of hydrogen-bond donors (Lipinski definition) is 1. The molecular weight excluding hydrogens is 379 g/mol. The van der Waals surface area contributed by atoms with Crippen LogP contribution in [0.1, 0.15) is 4.88 Å². The molecule has 4 rings (SSSR count). The maximum Gasteiger partial charge on any atom is 0.276 e. The smallest absolute Gasteiger partial charge is 0.276 e. The van der Waals surface area contributed by atoms with Gasteiger partial charge in [0.15, 0.2) is 0 Å². The largest absolute Gasteiger partial charge is 0.354 e. The molecule has 1 aromatic carbocycles. The Balaban J connectivity index is 1.46. The summed E-state index contributed by atoms with van der Waals surface area (Å²) in [5.74, 6) is -0.393. The summed E-state index contributed by atoms with van der Waals surface area (Å²) in [5.41, 5.74) is 1.55. The molecule has 3 aromatic heterocycles. The molecule has 0 aliphatic carbocycles. The van der Waals surface area contributed by atoms with Gasteiger partial charge in [0.1, 0.15) is 11.3 Å². The lowest BCUT2D eigenvalue weighted by Gasteiger charge is -2.07. The van der Waals surface area contributed by atoms with Crippen LogP contribution in [-0.4, -0.2) is 26.6 Å². The van der Waals surface area contributed by atoms with Crippen molar-refractivity contribution in [2.45, 2.75) is 13.0 Å². The van der Waals surface area contributed by atoms with E-state index in [2.05, 4.69) is 10.4 Å². The highest BCUT2D eigenvalue weighted by Gasteiger charge is 2.10.